The Balaban J connectivity index is 2.52. The van der Waals surface area contributed by atoms with Gasteiger partial charge in [0.25, 0.3) is 0 Å². The maximum Gasteiger partial charge on any atom is 0.328 e. The smallest absolute Gasteiger partial charge is 0.328 e. The molecule has 8 heteroatoms. The zero-order valence-electron chi connectivity index (χ0n) is 9.07. The van der Waals surface area contributed by atoms with Crippen molar-refractivity contribution in [1.29, 1.82) is 5.26 Å². The summed E-state index contributed by atoms with van der Waals surface area (Å²) in [5.74, 6) is -1.24. The van der Waals surface area contributed by atoms with Crippen LogP contribution in [0.5, 0.6) is 0 Å². The van der Waals surface area contributed by atoms with Gasteiger partial charge in [-0.2, -0.15) is 18.4 Å². The van der Waals surface area contributed by atoms with Crippen molar-refractivity contribution in [3.8, 4) is 6.07 Å². The molecule has 1 aliphatic rings. The molecule has 1 aromatic carbocycles. The maximum atomic E-state index is 11.7. The van der Waals surface area contributed by atoms with Crippen molar-refractivity contribution in [2.75, 3.05) is 10.8 Å². The minimum absolute atomic E-state index is 0.159. The minimum Gasteiger partial charge on any atom is -0.480 e. The molecule has 7 nitrogen and oxygen atoms in total. The molecule has 18 heavy (non-hydrogen) atoms. The first-order valence-corrected chi connectivity index (χ1v) is 6.42. The van der Waals surface area contributed by atoms with Crippen LogP contribution in [0.4, 0.5) is 5.69 Å². The van der Waals surface area contributed by atoms with Crippen molar-refractivity contribution in [1.82, 2.24) is 4.72 Å². The molecule has 94 valence electrons. The number of carboxylic acids is 1. The molecule has 0 bridgehead atoms. The van der Waals surface area contributed by atoms with Crippen LogP contribution in [-0.4, -0.2) is 32.1 Å². The van der Waals surface area contributed by atoms with Gasteiger partial charge in [0.1, 0.15) is 0 Å². The van der Waals surface area contributed by atoms with Crippen LogP contribution in [-0.2, 0) is 15.0 Å². The zero-order chi connectivity index (χ0) is 13.3. The van der Waals surface area contributed by atoms with E-state index in [0.29, 0.717) is 0 Å². The molecule has 1 saturated heterocycles. The first-order valence-electron chi connectivity index (χ1n) is 4.98. The Morgan fingerprint density at radius 1 is 1.56 bits per heavy atom. The summed E-state index contributed by atoms with van der Waals surface area (Å²) in [6, 6.07) is 6.46. The molecule has 0 amide bonds. The molecule has 1 aromatic rings. The van der Waals surface area contributed by atoms with Crippen LogP contribution in [0.25, 0.3) is 0 Å². The topological polar surface area (TPSA) is 110 Å². The van der Waals surface area contributed by atoms with Crippen LogP contribution >= 0.6 is 0 Å². The number of aliphatic carboxylic acids is 1. The number of nitriles is 1. The zero-order valence-corrected chi connectivity index (χ0v) is 9.88. The lowest BCUT2D eigenvalue weighted by Crippen LogP contribution is -2.40. The lowest BCUT2D eigenvalue weighted by Gasteiger charge is -2.20. The monoisotopic (exact) mass is 267 g/mol. The molecular weight excluding hydrogens is 258 g/mol. The molecule has 0 saturated carbocycles. The number of nitrogens with one attached hydrogen (secondary N) is 1. The van der Waals surface area contributed by atoms with Crippen LogP contribution in [0.2, 0.25) is 0 Å². The van der Waals surface area contributed by atoms with E-state index in [-0.39, 0.29) is 17.8 Å². The number of nitrogens with zero attached hydrogens (tertiary/aromatic N) is 2. The molecule has 0 spiro atoms. The Kier molecular flexibility index (Phi) is 2.94. The van der Waals surface area contributed by atoms with E-state index in [1.807, 2.05) is 6.07 Å². The molecule has 0 aromatic heterocycles. The fourth-order valence-corrected chi connectivity index (χ4v) is 3.12. The normalized spacial score (nSPS) is 21.5. The van der Waals surface area contributed by atoms with Crippen molar-refractivity contribution >= 4 is 21.9 Å². The lowest BCUT2D eigenvalue weighted by molar-refractivity contribution is -0.137. The number of benzene rings is 1. The third-order valence-corrected chi connectivity index (χ3v) is 4.03. The van der Waals surface area contributed by atoms with Gasteiger partial charge in [-0.05, 0) is 18.2 Å². The van der Waals surface area contributed by atoms with Crippen LogP contribution in [0.1, 0.15) is 5.56 Å². The summed E-state index contributed by atoms with van der Waals surface area (Å²) in [6.45, 7) is -0.200. The van der Waals surface area contributed by atoms with E-state index in [1.165, 1.54) is 24.3 Å². The van der Waals surface area contributed by atoms with Gasteiger partial charge in [0, 0.05) is 6.54 Å². The molecule has 2 N–H and O–H groups in total. The van der Waals surface area contributed by atoms with Gasteiger partial charge in [0.05, 0.1) is 17.3 Å². The SMILES string of the molecule is N#Cc1cccc(N2C(C(=O)O)CNS2(=O)=O)c1. The molecule has 1 heterocycles. The standard InChI is InChI=1S/C10H9N3O4S/c11-5-7-2-1-3-8(4-7)13-9(10(14)15)6-12-18(13,16)17/h1-4,9,12H,6H2,(H,14,15). The molecule has 1 atom stereocenters. The first kappa shape index (κ1) is 12.3. The summed E-state index contributed by atoms with van der Waals surface area (Å²) in [7, 11) is -3.87. The number of hydrogen-bond donors (Lipinski definition) is 2. The number of anilines is 1. The highest BCUT2D eigenvalue weighted by atomic mass is 32.2. The summed E-state index contributed by atoms with van der Waals surface area (Å²) >= 11 is 0. The van der Waals surface area contributed by atoms with E-state index in [0.717, 1.165) is 4.31 Å². The predicted octanol–water partition coefficient (Wildman–Crippen LogP) is -0.334. The molecule has 1 fully saturated rings. The molecular formula is C10H9N3O4S. The van der Waals surface area contributed by atoms with E-state index < -0.39 is 22.2 Å². The summed E-state index contributed by atoms with van der Waals surface area (Å²) in [5, 5.41) is 17.8. The summed E-state index contributed by atoms with van der Waals surface area (Å²) < 4.78 is 26.4. The van der Waals surface area contributed by atoms with Gasteiger partial charge < -0.3 is 5.11 Å². The fraction of sp³-hybridized carbons (Fsp3) is 0.200. The van der Waals surface area contributed by atoms with E-state index in [1.54, 1.807) is 0 Å². The number of rotatable bonds is 2. The third kappa shape index (κ3) is 2.01. The Morgan fingerprint density at radius 3 is 2.89 bits per heavy atom. The highest BCUT2D eigenvalue weighted by Gasteiger charge is 2.41. The predicted molar refractivity (Wildman–Crippen MR) is 62.0 cm³/mol. The van der Waals surface area contributed by atoms with Gasteiger partial charge in [0.15, 0.2) is 6.04 Å². The lowest BCUT2D eigenvalue weighted by atomic mass is 10.2. The summed E-state index contributed by atoms with van der Waals surface area (Å²) in [5.41, 5.74) is 0.421. The van der Waals surface area contributed by atoms with Crippen molar-refractivity contribution in [3.63, 3.8) is 0 Å². The van der Waals surface area contributed by atoms with E-state index >= 15 is 0 Å². The average Bonchev–Trinajstić information content (AvgIpc) is 2.65. The Hall–Kier alpha value is -2.11. The van der Waals surface area contributed by atoms with Gasteiger partial charge in [-0.15, -0.1) is 0 Å². The summed E-state index contributed by atoms with van der Waals surface area (Å²) in [4.78, 5) is 11.0. The van der Waals surface area contributed by atoms with Gasteiger partial charge >= 0.3 is 16.2 Å². The van der Waals surface area contributed by atoms with Crippen molar-refractivity contribution in [2.45, 2.75) is 6.04 Å². The highest BCUT2D eigenvalue weighted by Crippen LogP contribution is 2.24. The fourth-order valence-electron chi connectivity index (χ4n) is 1.72. The number of hydrogen-bond acceptors (Lipinski definition) is 4. The van der Waals surface area contributed by atoms with Crippen molar-refractivity contribution in [3.05, 3.63) is 29.8 Å². The van der Waals surface area contributed by atoms with Crippen LogP contribution < -0.4 is 9.03 Å². The first-order chi connectivity index (χ1) is 8.45. The quantitative estimate of drug-likeness (QED) is 0.762. The Morgan fingerprint density at radius 2 is 2.28 bits per heavy atom. The second-order valence-corrected chi connectivity index (χ2v) is 5.30. The number of carbonyl (C=O) groups is 1. The minimum atomic E-state index is -3.87. The second kappa shape index (κ2) is 4.29. The van der Waals surface area contributed by atoms with Crippen molar-refractivity contribution < 1.29 is 18.3 Å². The largest absolute Gasteiger partial charge is 0.480 e. The molecule has 0 aliphatic carbocycles. The van der Waals surface area contributed by atoms with Gasteiger partial charge in [0.2, 0.25) is 0 Å². The Bertz CT molecular complexity index is 635. The Labute approximate surface area is 103 Å². The van der Waals surface area contributed by atoms with Gasteiger partial charge in [-0.3, -0.25) is 0 Å². The molecule has 1 aliphatic heterocycles. The molecule has 1 unspecified atom stereocenters. The average molecular weight is 267 g/mol. The van der Waals surface area contributed by atoms with E-state index in [9.17, 15) is 13.2 Å². The van der Waals surface area contributed by atoms with Gasteiger partial charge in [-0.1, -0.05) is 6.07 Å². The molecule has 0 radical (unpaired) electrons. The van der Waals surface area contributed by atoms with Gasteiger partial charge in [-0.25, -0.2) is 9.10 Å². The van der Waals surface area contributed by atoms with Crippen LogP contribution in [0.3, 0.4) is 0 Å². The number of carboxylic acid groups (broad SMARTS) is 1. The van der Waals surface area contributed by atoms with E-state index in [4.69, 9.17) is 10.4 Å². The van der Waals surface area contributed by atoms with Crippen LogP contribution in [0.15, 0.2) is 24.3 Å². The van der Waals surface area contributed by atoms with Crippen LogP contribution in [0, 0.1) is 11.3 Å². The summed E-state index contributed by atoms with van der Waals surface area (Å²) in [6.07, 6.45) is 0. The highest BCUT2D eigenvalue weighted by molar-refractivity contribution is 7.91. The van der Waals surface area contributed by atoms with E-state index in [2.05, 4.69) is 4.72 Å². The maximum absolute atomic E-state index is 11.7. The second-order valence-electron chi connectivity index (χ2n) is 3.67. The molecule has 2 rings (SSSR count). The third-order valence-electron chi connectivity index (χ3n) is 2.52. The van der Waals surface area contributed by atoms with Crippen molar-refractivity contribution in [2.24, 2.45) is 0 Å².